The molecule has 0 fully saturated rings. The van der Waals surface area contributed by atoms with E-state index in [2.05, 4.69) is 22.7 Å². The number of nitrogens with zero attached hydrogens (tertiary/aromatic N) is 3. The van der Waals surface area contributed by atoms with Gasteiger partial charge in [0, 0.05) is 28.7 Å². The Kier molecular flexibility index (Phi) is 3.46. The van der Waals surface area contributed by atoms with Crippen LogP contribution in [0.25, 0.3) is 5.65 Å². The van der Waals surface area contributed by atoms with Crippen molar-refractivity contribution in [3.8, 4) is 5.88 Å². The molecule has 0 radical (unpaired) electrons. The van der Waals surface area contributed by atoms with Crippen LogP contribution in [-0.4, -0.2) is 19.7 Å². The van der Waals surface area contributed by atoms with Crippen LogP contribution in [0.5, 0.6) is 5.88 Å². The van der Waals surface area contributed by atoms with Crippen LogP contribution in [0, 0.1) is 11.6 Å². The normalized spacial score (nSPS) is 15.1. The van der Waals surface area contributed by atoms with Crippen molar-refractivity contribution in [1.29, 1.82) is 0 Å². The molecule has 23 heavy (non-hydrogen) atoms. The molecule has 4 rings (SSSR count). The van der Waals surface area contributed by atoms with E-state index in [-0.39, 0.29) is 11.4 Å². The zero-order valence-corrected chi connectivity index (χ0v) is 13.4. The van der Waals surface area contributed by atoms with E-state index in [4.69, 9.17) is 0 Å². The van der Waals surface area contributed by atoms with Gasteiger partial charge in [-0.15, -0.1) is 0 Å². The average Bonchev–Trinajstić information content (AvgIpc) is 3.11. The quantitative estimate of drug-likeness (QED) is 0.694. The van der Waals surface area contributed by atoms with Crippen LogP contribution in [0.3, 0.4) is 0 Å². The monoisotopic (exact) mass is 351 g/mol. The Morgan fingerprint density at radius 1 is 1.30 bits per heavy atom. The summed E-state index contributed by atoms with van der Waals surface area (Å²) in [6.07, 6.45) is 0. The molecule has 118 valence electrons. The lowest BCUT2D eigenvalue weighted by Gasteiger charge is -2.13. The van der Waals surface area contributed by atoms with E-state index >= 15 is 0 Å². The van der Waals surface area contributed by atoms with Gasteiger partial charge >= 0.3 is 0 Å². The summed E-state index contributed by atoms with van der Waals surface area (Å²) in [4.78, 5) is 4.48. The minimum Gasteiger partial charge on any atom is -0.493 e. The predicted octanol–water partition coefficient (Wildman–Crippen LogP) is 3.48. The second-order valence-electron chi connectivity index (χ2n) is 5.24. The lowest BCUT2D eigenvalue weighted by atomic mass is 10.1. The third-order valence-corrected chi connectivity index (χ3v) is 5.32. The van der Waals surface area contributed by atoms with Gasteiger partial charge in [-0.2, -0.15) is 34.0 Å². The van der Waals surface area contributed by atoms with Gasteiger partial charge in [0.1, 0.15) is 0 Å². The van der Waals surface area contributed by atoms with Gasteiger partial charge in [0.05, 0.1) is 16.6 Å². The van der Waals surface area contributed by atoms with Gasteiger partial charge in [0.2, 0.25) is 5.88 Å². The number of halogens is 2. The van der Waals surface area contributed by atoms with E-state index in [0.717, 1.165) is 28.8 Å². The van der Waals surface area contributed by atoms with E-state index in [0.29, 0.717) is 11.3 Å². The van der Waals surface area contributed by atoms with Gasteiger partial charge in [-0.05, 0) is 6.07 Å². The Hall–Kier alpha value is -1.80. The summed E-state index contributed by atoms with van der Waals surface area (Å²) in [6.45, 7) is 0. The molecular formula is C15H11F2N3OS2. The van der Waals surface area contributed by atoms with Crippen LogP contribution in [0.15, 0.2) is 24.3 Å². The summed E-state index contributed by atoms with van der Waals surface area (Å²) < 4.78 is 28.8. The molecule has 4 nitrogen and oxygen atoms in total. The fourth-order valence-corrected chi connectivity index (χ4v) is 4.01. The van der Waals surface area contributed by atoms with E-state index in [9.17, 15) is 13.9 Å². The van der Waals surface area contributed by atoms with Gasteiger partial charge in [0.25, 0.3) is 0 Å². The molecule has 3 aromatic rings. The summed E-state index contributed by atoms with van der Waals surface area (Å²) >= 11 is 6.09. The van der Waals surface area contributed by atoms with Gasteiger partial charge in [-0.1, -0.05) is 12.1 Å². The summed E-state index contributed by atoms with van der Waals surface area (Å²) in [5.41, 5.74) is 2.82. The standard InChI is InChI=1S/C15H11F2N3OS2/c16-9-3-1-2-7(13(9)17)14(22)10-4-12(21)20-15(18-10)8-5-23-6-11(8)19-20/h1-4,14,21-22H,5-6H2. The second kappa shape index (κ2) is 5.38. The van der Waals surface area contributed by atoms with Crippen molar-refractivity contribution in [3.05, 3.63) is 58.4 Å². The van der Waals surface area contributed by atoms with Crippen molar-refractivity contribution < 1.29 is 13.9 Å². The van der Waals surface area contributed by atoms with Crippen LogP contribution in [0.1, 0.15) is 27.8 Å². The highest BCUT2D eigenvalue weighted by atomic mass is 32.2. The van der Waals surface area contributed by atoms with Crippen LogP contribution in [0.4, 0.5) is 8.78 Å². The third-order valence-electron chi connectivity index (χ3n) is 3.81. The number of rotatable bonds is 2. The first-order valence-corrected chi connectivity index (χ1v) is 8.53. The van der Waals surface area contributed by atoms with Crippen molar-refractivity contribution >= 4 is 30.0 Å². The number of thiol groups is 1. The molecule has 0 spiro atoms. The first kappa shape index (κ1) is 14.8. The molecule has 1 aliphatic rings. The Morgan fingerprint density at radius 3 is 2.96 bits per heavy atom. The van der Waals surface area contributed by atoms with Crippen LogP contribution in [0.2, 0.25) is 0 Å². The van der Waals surface area contributed by atoms with Crippen molar-refractivity contribution in [2.75, 3.05) is 0 Å². The average molecular weight is 351 g/mol. The summed E-state index contributed by atoms with van der Waals surface area (Å²) in [7, 11) is 0. The molecule has 2 aromatic heterocycles. The maximum Gasteiger partial charge on any atom is 0.215 e. The Morgan fingerprint density at radius 2 is 2.13 bits per heavy atom. The molecule has 1 aliphatic heterocycles. The fraction of sp³-hybridized carbons (Fsp3) is 0.200. The Labute approximate surface area is 140 Å². The van der Waals surface area contributed by atoms with Crippen molar-refractivity contribution in [2.24, 2.45) is 0 Å². The maximum atomic E-state index is 14.0. The van der Waals surface area contributed by atoms with E-state index < -0.39 is 16.9 Å². The van der Waals surface area contributed by atoms with Gasteiger partial charge < -0.3 is 5.11 Å². The molecular weight excluding hydrogens is 340 g/mol. The van der Waals surface area contributed by atoms with Crippen LogP contribution < -0.4 is 0 Å². The zero-order valence-electron chi connectivity index (χ0n) is 11.7. The number of fused-ring (bicyclic) bond motifs is 3. The van der Waals surface area contributed by atoms with Crippen molar-refractivity contribution in [2.45, 2.75) is 16.8 Å². The van der Waals surface area contributed by atoms with E-state index in [1.54, 1.807) is 11.8 Å². The van der Waals surface area contributed by atoms with Crippen LogP contribution in [-0.2, 0) is 11.5 Å². The first-order chi connectivity index (χ1) is 11.1. The number of benzene rings is 1. The Balaban J connectivity index is 1.87. The molecule has 0 bridgehead atoms. The van der Waals surface area contributed by atoms with Crippen molar-refractivity contribution in [1.82, 2.24) is 14.6 Å². The molecule has 8 heteroatoms. The van der Waals surface area contributed by atoms with Gasteiger partial charge in [-0.25, -0.2) is 13.8 Å². The third kappa shape index (κ3) is 2.28. The second-order valence-corrected chi connectivity index (χ2v) is 6.74. The highest BCUT2D eigenvalue weighted by Gasteiger charge is 2.24. The largest absolute Gasteiger partial charge is 0.493 e. The van der Waals surface area contributed by atoms with Crippen LogP contribution >= 0.6 is 24.4 Å². The molecule has 0 amide bonds. The van der Waals surface area contributed by atoms with Crippen molar-refractivity contribution in [3.63, 3.8) is 0 Å². The van der Waals surface area contributed by atoms with Gasteiger partial charge in [0.15, 0.2) is 17.3 Å². The molecule has 0 aliphatic carbocycles. The molecule has 3 heterocycles. The molecule has 1 aromatic carbocycles. The summed E-state index contributed by atoms with van der Waals surface area (Å²) in [5.74, 6) is -0.451. The maximum absolute atomic E-state index is 14.0. The molecule has 1 N–H and O–H groups in total. The lowest BCUT2D eigenvalue weighted by molar-refractivity contribution is 0.433. The van der Waals surface area contributed by atoms with E-state index in [1.165, 1.54) is 22.7 Å². The number of aromatic nitrogens is 3. The minimum absolute atomic E-state index is 0.0788. The van der Waals surface area contributed by atoms with Gasteiger partial charge in [-0.3, -0.25) is 0 Å². The molecule has 1 atom stereocenters. The topological polar surface area (TPSA) is 50.4 Å². The number of hydrogen-bond donors (Lipinski definition) is 2. The summed E-state index contributed by atoms with van der Waals surface area (Å²) in [5, 5.41) is 13.7. The summed E-state index contributed by atoms with van der Waals surface area (Å²) in [6, 6.07) is 5.30. The van der Waals surface area contributed by atoms with E-state index in [1.807, 2.05) is 0 Å². The molecule has 0 saturated heterocycles. The smallest absolute Gasteiger partial charge is 0.215 e. The first-order valence-electron chi connectivity index (χ1n) is 6.86. The highest BCUT2D eigenvalue weighted by molar-refractivity contribution is 7.98. The molecule has 0 saturated carbocycles. The fourth-order valence-electron chi connectivity index (χ4n) is 2.65. The number of aromatic hydroxyl groups is 1. The molecule has 1 unspecified atom stereocenters. The predicted molar refractivity (Wildman–Crippen MR) is 86.8 cm³/mol. The number of thioether (sulfide) groups is 1. The lowest BCUT2D eigenvalue weighted by Crippen LogP contribution is -2.04. The zero-order chi connectivity index (χ0) is 16.1. The SMILES string of the molecule is Oc1cc(C(S)c2cccc(F)c2F)nc2c3c(nn12)CSC3. The Bertz CT molecular complexity index is 929. The highest BCUT2D eigenvalue weighted by Crippen LogP contribution is 2.36. The minimum atomic E-state index is -0.956. The number of hydrogen-bond acceptors (Lipinski definition) is 5.